The molecule has 0 fully saturated rings. The molecule has 0 saturated heterocycles. The summed E-state index contributed by atoms with van der Waals surface area (Å²) in [6, 6.07) is 3.47. The van der Waals surface area contributed by atoms with E-state index in [2.05, 4.69) is 4.18 Å². The predicted molar refractivity (Wildman–Crippen MR) is 54.9 cm³/mol. The summed E-state index contributed by atoms with van der Waals surface area (Å²) in [5, 5.41) is 0. The van der Waals surface area contributed by atoms with Gasteiger partial charge in [0.2, 0.25) is 0 Å². The predicted octanol–water partition coefficient (Wildman–Crippen LogP) is 2.82. The number of hydrogen-bond donors (Lipinski definition) is 0. The lowest BCUT2D eigenvalue weighted by Crippen LogP contribution is -2.10. The summed E-state index contributed by atoms with van der Waals surface area (Å²) < 4.78 is 64.6. The average Bonchev–Trinajstić information content (AvgIpc) is 2.25. The lowest BCUT2D eigenvalue weighted by atomic mass is 10.2. The van der Waals surface area contributed by atoms with Crippen molar-refractivity contribution in [2.75, 3.05) is 6.61 Å². The highest BCUT2D eigenvalue weighted by molar-refractivity contribution is 7.86. The monoisotopic (exact) mass is 268 g/mol. The molecule has 0 N–H and O–H groups in total. The van der Waals surface area contributed by atoms with Crippen LogP contribution in [0.1, 0.15) is 18.9 Å². The Balaban J connectivity index is 3.08. The van der Waals surface area contributed by atoms with Crippen LogP contribution in [-0.2, 0) is 20.5 Å². The van der Waals surface area contributed by atoms with Gasteiger partial charge in [0, 0.05) is 0 Å². The zero-order valence-corrected chi connectivity index (χ0v) is 9.81. The summed E-state index contributed by atoms with van der Waals surface area (Å²) in [4.78, 5) is -0.485. The minimum absolute atomic E-state index is 0.0570. The first-order valence-electron chi connectivity index (χ1n) is 4.84. The molecule has 96 valence electrons. The molecule has 7 heteroatoms. The third-order valence-corrected chi connectivity index (χ3v) is 3.20. The van der Waals surface area contributed by atoms with Gasteiger partial charge < -0.3 is 0 Å². The second kappa shape index (κ2) is 5.05. The summed E-state index contributed by atoms with van der Waals surface area (Å²) >= 11 is 0. The van der Waals surface area contributed by atoms with Crippen molar-refractivity contribution in [3.8, 4) is 0 Å². The van der Waals surface area contributed by atoms with Crippen LogP contribution in [0.25, 0.3) is 0 Å². The molecule has 0 amide bonds. The normalized spacial score (nSPS) is 12.7. The molecule has 0 aliphatic rings. The van der Waals surface area contributed by atoms with Gasteiger partial charge in [0.15, 0.2) is 0 Å². The molecule has 0 aromatic heterocycles. The standard InChI is InChI=1S/C10H11F3O3S/c1-2-6-16-17(14,15)9-5-3-4-8(7-9)10(11,12)13/h3-5,7H,2,6H2,1H3. The number of rotatable bonds is 4. The van der Waals surface area contributed by atoms with Gasteiger partial charge >= 0.3 is 6.18 Å². The maximum Gasteiger partial charge on any atom is 0.416 e. The second-order valence-corrected chi connectivity index (χ2v) is 4.92. The van der Waals surface area contributed by atoms with Crippen molar-refractivity contribution in [3.63, 3.8) is 0 Å². The fraction of sp³-hybridized carbons (Fsp3) is 0.400. The number of hydrogen-bond acceptors (Lipinski definition) is 3. The van der Waals surface area contributed by atoms with Crippen molar-refractivity contribution in [1.82, 2.24) is 0 Å². The summed E-state index contributed by atoms with van der Waals surface area (Å²) in [5.41, 5.74) is -1.02. The van der Waals surface area contributed by atoms with E-state index in [1.54, 1.807) is 6.92 Å². The highest BCUT2D eigenvalue weighted by Crippen LogP contribution is 2.30. The van der Waals surface area contributed by atoms with Gasteiger partial charge in [-0.3, -0.25) is 4.18 Å². The minimum Gasteiger partial charge on any atom is -0.266 e. The van der Waals surface area contributed by atoms with E-state index in [-0.39, 0.29) is 6.61 Å². The SMILES string of the molecule is CCCOS(=O)(=O)c1cccc(C(F)(F)F)c1. The van der Waals surface area contributed by atoms with E-state index in [1.807, 2.05) is 0 Å². The quantitative estimate of drug-likeness (QED) is 0.789. The zero-order valence-electron chi connectivity index (χ0n) is 8.99. The van der Waals surface area contributed by atoms with Crippen molar-refractivity contribution in [2.45, 2.75) is 24.4 Å². The minimum atomic E-state index is -4.57. The maximum atomic E-state index is 12.4. The molecule has 17 heavy (non-hydrogen) atoms. The van der Waals surface area contributed by atoms with Gasteiger partial charge in [-0.15, -0.1) is 0 Å². The topological polar surface area (TPSA) is 43.4 Å². The molecule has 1 rings (SSSR count). The molecular formula is C10H11F3O3S. The highest BCUT2D eigenvalue weighted by atomic mass is 32.2. The molecule has 0 aliphatic carbocycles. The van der Waals surface area contributed by atoms with Crippen LogP contribution in [0.5, 0.6) is 0 Å². The molecule has 1 aromatic rings. The van der Waals surface area contributed by atoms with Crippen LogP contribution in [0.4, 0.5) is 13.2 Å². The number of halogens is 3. The van der Waals surface area contributed by atoms with E-state index in [1.165, 1.54) is 0 Å². The van der Waals surface area contributed by atoms with E-state index in [0.717, 1.165) is 18.2 Å². The lowest BCUT2D eigenvalue weighted by molar-refractivity contribution is -0.137. The Bertz CT molecular complexity index is 480. The Morgan fingerprint density at radius 2 is 1.94 bits per heavy atom. The maximum absolute atomic E-state index is 12.4. The largest absolute Gasteiger partial charge is 0.416 e. The van der Waals surface area contributed by atoms with Crippen LogP contribution in [0, 0.1) is 0 Å². The zero-order chi connectivity index (χ0) is 13.1. The summed E-state index contributed by atoms with van der Waals surface area (Å²) in [6.07, 6.45) is -4.12. The van der Waals surface area contributed by atoms with E-state index in [4.69, 9.17) is 0 Å². The van der Waals surface area contributed by atoms with Crippen LogP contribution >= 0.6 is 0 Å². The van der Waals surface area contributed by atoms with Gasteiger partial charge in [-0.05, 0) is 24.6 Å². The first-order valence-corrected chi connectivity index (χ1v) is 6.25. The Labute approximate surface area is 97.3 Å². The van der Waals surface area contributed by atoms with Crippen LogP contribution in [0.15, 0.2) is 29.2 Å². The van der Waals surface area contributed by atoms with Gasteiger partial charge in [0.25, 0.3) is 10.1 Å². The lowest BCUT2D eigenvalue weighted by Gasteiger charge is -2.09. The first-order chi connectivity index (χ1) is 7.77. The molecule has 3 nitrogen and oxygen atoms in total. The van der Waals surface area contributed by atoms with Crippen molar-refractivity contribution in [2.24, 2.45) is 0 Å². The Morgan fingerprint density at radius 3 is 2.47 bits per heavy atom. The van der Waals surface area contributed by atoms with Gasteiger partial charge in [0.05, 0.1) is 17.1 Å². The van der Waals surface area contributed by atoms with E-state index >= 15 is 0 Å². The van der Waals surface area contributed by atoms with E-state index in [0.29, 0.717) is 12.5 Å². The highest BCUT2D eigenvalue weighted by Gasteiger charge is 2.31. The molecule has 0 bridgehead atoms. The van der Waals surface area contributed by atoms with Crippen molar-refractivity contribution in [1.29, 1.82) is 0 Å². The van der Waals surface area contributed by atoms with E-state index in [9.17, 15) is 21.6 Å². The van der Waals surface area contributed by atoms with Gasteiger partial charge in [-0.2, -0.15) is 21.6 Å². The third-order valence-electron chi connectivity index (χ3n) is 1.89. The average molecular weight is 268 g/mol. The van der Waals surface area contributed by atoms with Crippen molar-refractivity contribution in [3.05, 3.63) is 29.8 Å². The van der Waals surface area contributed by atoms with Crippen LogP contribution in [0.3, 0.4) is 0 Å². The molecule has 0 heterocycles. The molecule has 0 aliphatic heterocycles. The molecule has 0 atom stereocenters. The smallest absolute Gasteiger partial charge is 0.266 e. The molecule has 0 spiro atoms. The number of benzene rings is 1. The Kier molecular flexibility index (Phi) is 4.16. The first kappa shape index (κ1) is 14.0. The number of alkyl halides is 3. The van der Waals surface area contributed by atoms with Crippen LogP contribution < -0.4 is 0 Å². The Morgan fingerprint density at radius 1 is 1.29 bits per heavy atom. The van der Waals surface area contributed by atoms with Gasteiger partial charge in [-0.1, -0.05) is 13.0 Å². The van der Waals surface area contributed by atoms with Crippen LogP contribution in [-0.4, -0.2) is 15.0 Å². The van der Waals surface area contributed by atoms with E-state index < -0.39 is 26.8 Å². The molecule has 0 radical (unpaired) electrons. The molecule has 1 aromatic carbocycles. The molecule has 0 saturated carbocycles. The summed E-state index contributed by atoms with van der Waals surface area (Å²) in [6.45, 7) is 1.64. The second-order valence-electron chi connectivity index (χ2n) is 3.30. The third kappa shape index (κ3) is 3.71. The van der Waals surface area contributed by atoms with Crippen molar-refractivity contribution >= 4 is 10.1 Å². The fourth-order valence-corrected chi connectivity index (χ4v) is 2.13. The van der Waals surface area contributed by atoms with Crippen LogP contribution in [0.2, 0.25) is 0 Å². The summed E-state index contributed by atoms with van der Waals surface area (Å²) in [5.74, 6) is 0. The van der Waals surface area contributed by atoms with Crippen molar-refractivity contribution < 1.29 is 25.8 Å². The van der Waals surface area contributed by atoms with Gasteiger partial charge in [-0.25, -0.2) is 0 Å². The summed E-state index contributed by atoms with van der Waals surface area (Å²) in [7, 11) is -4.11. The Hall–Kier alpha value is -1.08. The van der Waals surface area contributed by atoms with Gasteiger partial charge in [0.1, 0.15) is 0 Å². The molecule has 0 unspecified atom stereocenters. The molecular weight excluding hydrogens is 257 g/mol. The fourth-order valence-electron chi connectivity index (χ4n) is 1.09.